The third-order valence-corrected chi connectivity index (χ3v) is 14.8. The van der Waals surface area contributed by atoms with Crippen LogP contribution >= 0.6 is 0 Å². The van der Waals surface area contributed by atoms with Gasteiger partial charge < -0.3 is 9.13 Å². The van der Waals surface area contributed by atoms with Crippen molar-refractivity contribution in [2.75, 3.05) is 0 Å². The lowest BCUT2D eigenvalue weighted by molar-refractivity contribution is 1.05. The van der Waals surface area contributed by atoms with E-state index in [0.717, 1.165) is 99.3 Å². The molecule has 338 valence electrons. The molecule has 0 bridgehead atoms. The standard InChI is InChI=1S/C60H43B5N8/c61-50-49(51(62)53(64)54(65)52(50)63)60-70-57(36-22-8-3-9-23-36)69-59(71-60)42-32-41(58-67-55(34-18-4-1-5-19-34)66-56(68-58)35-20-6-2-7-21-35)47(72-43-28-14-10-24-37(43)38-25-11-15-29-44(38)72)33-48(42)73-45-30-16-12-26-39(45)40-27-13-17-31-46(40)73/h1-33H,61-65H2. The predicted molar refractivity (Wildman–Crippen MR) is 315 cm³/mol. The van der Waals surface area contributed by atoms with Crippen LogP contribution in [0.1, 0.15) is 0 Å². The maximum Gasteiger partial charge on any atom is 0.166 e. The zero-order valence-corrected chi connectivity index (χ0v) is 41.1. The van der Waals surface area contributed by atoms with Gasteiger partial charge in [0.05, 0.1) is 33.4 Å². The second-order valence-electron chi connectivity index (χ2n) is 18.8. The summed E-state index contributed by atoms with van der Waals surface area (Å²) in [4.78, 5) is 32.5. The number of fused-ring (bicyclic) bond motifs is 6. The molecular weight excluding hydrogens is 887 g/mol. The molecule has 9 aromatic carbocycles. The Morgan fingerprint density at radius 3 is 0.890 bits per heavy atom. The van der Waals surface area contributed by atoms with Crippen LogP contribution in [0.15, 0.2) is 200 Å². The Morgan fingerprint density at radius 1 is 0.260 bits per heavy atom. The van der Waals surface area contributed by atoms with Gasteiger partial charge in [-0.3, -0.25) is 0 Å². The second-order valence-corrected chi connectivity index (χ2v) is 18.8. The Bertz CT molecular complexity index is 4140. The first-order chi connectivity index (χ1) is 35.8. The molecule has 0 aliphatic heterocycles. The van der Waals surface area contributed by atoms with E-state index in [0.29, 0.717) is 34.9 Å². The number of aromatic nitrogens is 8. The minimum absolute atomic E-state index is 0.508. The Morgan fingerprint density at radius 2 is 0.534 bits per heavy atom. The fraction of sp³-hybridized carbons (Fsp3) is 0. The summed E-state index contributed by atoms with van der Waals surface area (Å²) < 4.78 is 4.75. The Labute approximate surface area is 427 Å². The number of benzene rings is 9. The van der Waals surface area contributed by atoms with Gasteiger partial charge in [-0.2, -0.15) is 0 Å². The van der Waals surface area contributed by atoms with Gasteiger partial charge in [0.1, 0.15) is 39.2 Å². The largest absolute Gasteiger partial charge is 0.308 e. The van der Waals surface area contributed by atoms with E-state index >= 15 is 0 Å². The first kappa shape index (κ1) is 43.9. The van der Waals surface area contributed by atoms with Gasteiger partial charge in [0.2, 0.25) is 0 Å². The topological polar surface area (TPSA) is 87.2 Å². The van der Waals surface area contributed by atoms with E-state index in [1.165, 1.54) is 16.4 Å². The van der Waals surface area contributed by atoms with E-state index in [4.69, 9.17) is 29.9 Å². The van der Waals surface area contributed by atoms with Crippen molar-refractivity contribution in [3.63, 3.8) is 0 Å². The molecule has 73 heavy (non-hydrogen) atoms. The number of hydrogen-bond donors (Lipinski definition) is 0. The summed E-state index contributed by atoms with van der Waals surface area (Å²) in [5.41, 5.74) is 17.2. The van der Waals surface area contributed by atoms with Crippen molar-refractivity contribution >= 4 is 110 Å². The van der Waals surface area contributed by atoms with Gasteiger partial charge in [0, 0.05) is 54.9 Å². The van der Waals surface area contributed by atoms with Crippen molar-refractivity contribution in [2.24, 2.45) is 0 Å². The summed E-state index contributed by atoms with van der Waals surface area (Å²) in [6.07, 6.45) is 0. The molecule has 0 amide bonds. The van der Waals surface area contributed by atoms with Crippen LogP contribution in [-0.2, 0) is 0 Å². The summed E-state index contributed by atoms with van der Waals surface area (Å²) in [7, 11) is 11.0. The Hall–Kier alpha value is -9.08. The summed E-state index contributed by atoms with van der Waals surface area (Å²) in [6, 6.07) is 69.6. The van der Waals surface area contributed by atoms with Gasteiger partial charge in [-0.25, -0.2) is 29.9 Å². The predicted octanol–water partition coefficient (Wildman–Crippen LogP) is 5.54. The van der Waals surface area contributed by atoms with Gasteiger partial charge in [-0.1, -0.05) is 175 Å². The Kier molecular flexibility index (Phi) is 10.6. The van der Waals surface area contributed by atoms with E-state index < -0.39 is 0 Å². The smallest absolute Gasteiger partial charge is 0.166 e. The monoisotopic (exact) mass is 930 g/mol. The van der Waals surface area contributed by atoms with E-state index in [9.17, 15) is 0 Å². The second kappa shape index (κ2) is 17.6. The van der Waals surface area contributed by atoms with Gasteiger partial charge in [-0.05, 0) is 36.4 Å². The lowest BCUT2D eigenvalue weighted by atomic mass is 9.60. The fourth-order valence-corrected chi connectivity index (χ4v) is 10.8. The van der Waals surface area contributed by atoms with E-state index in [2.05, 4.69) is 194 Å². The minimum atomic E-state index is 0.508. The van der Waals surface area contributed by atoms with E-state index in [1.807, 2.05) is 54.6 Å². The molecule has 0 aliphatic carbocycles. The zero-order chi connectivity index (χ0) is 49.3. The van der Waals surface area contributed by atoms with Crippen molar-refractivity contribution in [1.82, 2.24) is 39.0 Å². The molecule has 4 heterocycles. The molecule has 0 fully saturated rings. The van der Waals surface area contributed by atoms with Crippen LogP contribution in [0.3, 0.4) is 0 Å². The van der Waals surface area contributed by atoms with Crippen molar-refractivity contribution in [1.29, 1.82) is 0 Å². The molecule has 0 unspecified atom stereocenters. The molecule has 13 rings (SSSR count). The lowest BCUT2D eigenvalue weighted by Gasteiger charge is -2.22. The Balaban J connectivity index is 1.23. The van der Waals surface area contributed by atoms with E-state index in [-0.39, 0.29) is 0 Å². The van der Waals surface area contributed by atoms with Gasteiger partial charge in [0.25, 0.3) is 0 Å². The molecule has 0 radical (unpaired) electrons. The first-order valence-corrected chi connectivity index (χ1v) is 24.7. The molecule has 8 nitrogen and oxygen atoms in total. The minimum Gasteiger partial charge on any atom is -0.308 e. The molecule has 13 heteroatoms. The number of para-hydroxylation sites is 4. The molecule has 0 N–H and O–H groups in total. The summed E-state index contributed by atoms with van der Waals surface area (Å²) in [5.74, 6) is 3.35. The average molecular weight is 930 g/mol. The van der Waals surface area contributed by atoms with Crippen molar-refractivity contribution in [3.8, 4) is 79.7 Å². The lowest BCUT2D eigenvalue weighted by Crippen LogP contribution is -2.55. The molecule has 0 aliphatic rings. The molecule has 0 saturated carbocycles. The van der Waals surface area contributed by atoms with Gasteiger partial charge >= 0.3 is 0 Å². The average Bonchev–Trinajstić information content (AvgIpc) is 3.97. The van der Waals surface area contributed by atoms with Gasteiger partial charge in [-0.15, -0.1) is 16.4 Å². The summed E-state index contributed by atoms with van der Waals surface area (Å²) >= 11 is 0. The normalized spacial score (nSPS) is 11.6. The highest BCUT2D eigenvalue weighted by Crippen LogP contribution is 2.43. The molecular formula is C60H43B5N8. The maximum atomic E-state index is 5.63. The third kappa shape index (κ3) is 7.30. The highest BCUT2D eigenvalue weighted by atomic mass is 15.1. The van der Waals surface area contributed by atoms with Crippen molar-refractivity contribution < 1.29 is 0 Å². The quantitative estimate of drug-likeness (QED) is 0.186. The fourth-order valence-electron chi connectivity index (χ4n) is 10.8. The maximum absolute atomic E-state index is 5.63. The molecule has 0 spiro atoms. The molecule has 0 saturated heterocycles. The van der Waals surface area contributed by atoms with Crippen LogP contribution in [0.5, 0.6) is 0 Å². The van der Waals surface area contributed by atoms with Crippen LogP contribution < -0.4 is 27.3 Å². The van der Waals surface area contributed by atoms with Crippen LogP contribution in [-0.4, -0.2) is 78.3 Å². The number of hydrogen-bond acceptors (Lipinski definition) is 6. The van der Waals surface area contributed by atoms with Crippen LogP contribution in [0.25, 0.3) is 123 Å². The van der Waals surface area contributed by atoms with Crippen LogP contribution in [0.2, 0.25) is 0 Å². The molecule has 4 aromatic heterocycles. The van der Waals surface area contributed by atoms with Crippen molar-refractivity contribution in [2.45, 2.75) is 0 Å². The molecule has 13 aromatic rings. The third-order valence-electron chi connectivity index (χ3n) is 14.8. The molecule has 0 atom stereocenters. The van der Waals surface area contributed by atoms with E-state index in [1.54, 1.807) is 0 Å². The SMILES string of the molecule is Bc1c(B)c(B)c(-c2nc(-c3ccccc3)nc(-c3cc(-c4nc(-c5ccccc5)nc(-c5ccccc5)n4)c(-n4c5ccccc5c5ccccc54)cc3-n3c4ccccc4c4ccccc43)n2)c(B)c1B. The summed E-state index contributed by atoms with van der Waals surface area (Å²) in [6.45, 7) is 0. The zero-order valence-electron chi connectivity index (χ0n) is 41.1. The summed E-state index contributed by atoms with van der Waals surface area (Å²) in [5, 5.41) is 4.56. The highest BCUT2D eigenvalue weighted by molar-refractivity contribution is 6.68. The highest BCUT2D eigenvalue weighted by Gasteiger charge is 2.27. The number of nitrogens with zero attached hydrogens (tertiary/aromatic N) is 8. The van der Waals surface area contributed by atoms with Gasteiger partial charge in [0.15, 0.2) is 34.9 Å². The van der Waals surface area contributed by atoms with Crippen molar-refractivity contribution in [3.05, 3.63) is 200 Å². The first-order valence-electron chi connectivity index (χ1n) is 24.7. The number of rotatable bonds is 8. The van der Waals surface area contributed by atoms with Crippen LogP contribution in [0, 0.1) is 0 Å². The van der Waals surface area contributed by atoms with Crippen LogP contribution in [0.4, 0.5) is 0 Å².